The number of hydrogen-bond donors (Lipinski definition) is 0. The average molecular weight is 420 g/mol. The van der Waals surface area contributed by atoms with E-state index in [0.717, 1.165) is 12.1 Å². The smallest absolute Gasteiger partial charge is 0.255 e. The highest BCUT2D eigenvalue weighted by molar-refractivity contribution is 7.88. The number of halogens is 1. The quantitative estimate of drug-likeness (QED) is 0.744. The Morgan fingerprint density at radius 1 is 1.07 bits per heavy atom. The van der Waals surface area contributed by atoms with E-state index in [9.17, 15) is 17.6 Å². The number of nitrogens with zero attached hydrogens (tertiary/aromatic N) is 3. The van der Waals surface area contributed by atoms with E-state index in [2.05, 4.69) is 0 Å². The van der Waals surface area contributed by atoms with Crippen molar-refractivity contribution in [3.63, 3.8) is 0 Å². The van der Waals surface area contributed by atoms with Crippen LogP contribution in [0.4, 0.5) is 4.39 Å². The van der Waals surface area contributed by atoms with Crippen LogP contribution in [0.25, 0.3) is 0 Å². The Bertz CT molecular complexity index is 1080. The Morgan fingerprint density at radius 2 is 1.79 bits per heavy atom. The lowest BCUT2D eigenvalue weighted by molar-refractivity contribution is 0.186. The number of aromatic nitrogens is 1. The number of pyridine rings is 1. The van der Waals surface area contributed by atoms with Crippen LogP contribution in [0, 0.1) is 11.7 Å². The zero-order valence-corrected chi connectivity index (χ0v) is 17.5. The van der Waals surface area contributed by atoms with Gasteiger partial charge in [0.05, 0.1) is 6.26 Å². The third kappa shape index (κ3) is 4.15. The van der Waals surface area contributed by atoms with Gasteiger partial charge in [0.2, 0.25) is 10.0 Å². The average Bonchev–Trinajstić information content (AvgIpc) is 2.65. The SMILES string of the molecule is CN(Cc1ccccc1F)Cc1ccc2n(c1=O)C[C@H]1C[C@@H]2CN(S(C)(=O)=O)C1. The van der Waals surface area contributed by atoms with Gasteiger partial charge < -0.3 is 4.57 Å². The summed E-state index contributed by atoms with van der Waals surface area (Å²) in [6.07, 6.45) is 2.16. The van der Waals surface area contributed by atoms with Gasteiger partial charge in [-0.05, 0) is 31.5 Å². The third-order valence-electron chi connectivity index (χ3n) is 5.96. The number of hydrogen-bond acceptors (Lipinski definition) is 4. The molecular weight excluding hydrogens is 393 g/mol. The number of piperidine rings is 1. The fourth-order valence-electron chi connectivity index (χ4n) is 4.60. The molecule has 1 fully saturated rings. The maximum Gasteiger partial charge on any atom is 0.255 e. The van der Waals surface area contributed by atoms with Crippen molar-refractivity contribution in [3.05, 3.63) is 69.4 Å². The first-order valence-corrected chi connectivity index (χ1v) is 11.7. The highest BCUT2D eigenvalue weighted by Gasteiger charge is 2.37. The first-order chi connectivity index (χ1) is 13.7. The summed E-state index contributed by atoms with van der Waals surface area (Å²) in [4.78, 5) is 15.0. The van der Waals surface area contributed by atoms with Gasteiger partial charge in [-0.25, -0.2) is 17.1 Å². The zero-order valence-electron chi connectivity index (χ0n) is 16.7. The summed E-state index contributed by atoms with van der Waals surface area (Å²) in [5.74, 6) is -0.0417. The minimum atomic E-state index is -3.23. The normalized spacial score (nSPS) is 21.9. The van der Waals surface area contributed by atoms with Crippen LogP contribution in [0.2, 0.25) is 0 Å². The van der Waals surface area contributed by atoms with Gasteiger partial charge in [-0.15, -0.1) is 0 Å². The van der Waals surface area contributed by atoms with Gasteiger partial charge in [-0.1, -0.05) is 24.3 Å². The standard InChI is InChI=1S/C21H26FN3O3S/c1-23(12-16-5-3-4-6-19(16)22)13-17-7-8-20-18-9-15(11-25(20)21(17)26)10-24(14-18)29(2,27)28/h3-8,15,18H,9-14H2,1-2H3/t15-,18+/m0/s1. The third-order valence-corrected chi connectivity index (χ3v) is 7.19. The zero-order chi connectivity index (χ0) is 20.8. The predicted octanol–water partition coefficient (Wildman–Crippen LogP) is 2.00. The molecule has 2 atom stereocenters. The predicted molar refractivity (Wildman–Crippen MR) is 110 cm³/mol. The van der Waals surface area contributed by atoms with E-state index in [0.29, 0.717) is 43.9 Å². The molecule has 0 spiro atoms. The van der Waals surface area contributed by atoms with Crippen molar-refractivity contribution < 1.29 is 12.8 Å². The van der Waals surface area contributed by atoms with Crippen LogP contribution in [0.5, 0.6) is 0 Å². The molecule has 2 aliphatic heterocycles. The first-order valence-electron chi connectivity index (χ1n) is 9.82. The van der Waals surface area contributed by atoms with E-state index in [1.165, 1.54) is 16.6 Å². The molecule has 8 heteroatoms. The molecule has 2 bridgehead atoms. The lowest BCUT2D eigenvalue weighted by Crippen LogP contribution is -2.49. The summed E-state index contributed by atoms with van der Waals surface area (Å²) in [6, 6.07) is 10.5. The molecule has 2 aliphatic rings. The van der Waals surface area contributed by atoms with E-state index < -0.39 is 10.0 Å². The molecule has 29 heavy (non-hydrogen) atoms. The minimum absolute atomic E-state index is 0.0228. The second-order valence-corrected chi connectivity index (χ2v) is 10.3. The van der Waals surface area contributed by atoms with Gasteiger partial charge in [-0.2, -0.15) is 0 Å². The van der Waals surface area contributed by atoms with Crippen molar-refractivity contribution in [1.82, 2.24) is 13.8 Å². The highest BCUT2D eigenvalue weighted by Crippen LogP contribution is 2.36. The molecule has 0 saturated carbocycles. The molecule has 0 amide bonds. The van der Waals surface area contributed by atoms with Crippen LogP contribution in [0.15, 0.2) is 41.2 Å². The molecule has 2 aromatic rings. The Labute approximate surface area is 170 Å². The maximum atomic E-state index is 13.9. The van der Waals surface area contributed by atoms with E-state index in [4.69, 9.17) is 0 Å². The lowest BCUT2D eigenvalue weighted by Gasteiger charge is -2.41. The van der Waals surface area contributed by atoms with Crippen molar-refractivity contribution in [1.29, 1.82) is 0 Å². The summed E-state index contributed by atoms with van der Waals surface area (Å²) in [6.45, 7) is 2.29. The van der Waals surface area contributed by atoms with Gasteiger partial charge in [0.15, 0.2) is 0 Å². The van der Waals surface area contributed by atoms with Crippen molar-refractivity contribution >= 4 is 10.0 Å². The molecule has 3 heterocycles. The van der Waals surface area contributed by atoms with Gasteiger partial charge in [-0.3, -0.25) is 9.69 Å². The fraction of sp³-hybridized carbons (Fsp3) is 0.476. The summed E-state index contributed by atoms with van der Waals surface area (Å²) in [5, 5.41) is 0. The maximum absolute atomic E-state index is 13.9. The minimum Gasteiger partial charge on any atom is -0.312 e. The van der Waals surface area contributed by atoms with Crippen molar-refractivity contribution in [2.45, 2.75) is 32.0 Å². The molecule has 1 saturated heterocycles. The van der Waals surface area contributed by atoms with Crippen LogP contribution in [-0.2, 0) is 29.7 Å². The monoisotopic (exact) mass is 419 g/mol. The van der Waals surface area contributed by atoms with Gasteiger partial charge in [0.25, 0.3) is 5.56 Å². The topological polar surface area (TPSA) is 62.6 Å². The van der Waals surface area contributed by atoms with Crippen LogP contribution >= 0.6 is 0 Å². The number of sulfonamides is 1. The second kappa shape index (κ2) is 7.66. The Balaban J connectivity index is 1.55. The van der Waals surface area contributed by atoms with Crippen LogP contribution in [0.3, 0.4) is 0 Å². The van der Waals surface area contributed by atoms with Crippen LogP contribution in [-0.4, -0.2) is 48.6 Å². The number of rotatable bonds is 5. The molecule has 0 unspecified atom stereocenters. The molecule has 6 nitrogen and oxygen atoms in total. The Hall–Kier alpha value is -2.03. The van der Waals surface area contributed by atoms with Crippen molar-refractivity contribution in [2.24, 2.45) is 5.92 Å². The fourth-order valence-corrected chi connectivity index (χ4v) is 5.53. The lowest BCUT2D eigenvalue weighted by atomic mass is 9.84. The summed E-state index contributed by atoms with van der Waals surface area (Å²) < 4.78 is 41.2. The first kappa shape index (κ1) is 20.3. The van der Waals surface area contributed by atoms with Gasteiger partial charge in [0, 0.05) is 55.5 Å². The van der Waals surface area contributed by atoms with Crippen molar-refractivity contribution in [2.75, 3.05) is 26.4 Å². The van der Waals surface area contributed by atoms with E-state index in [-0.39, 0.29) is 23.2 Å². The Morgan fingerprint density at radius 3 is 2.52 bits per heavy atom. The summed E-state index contributed by atoms with van der Waals surface area (Å²) in [7, 11) is -1.36. The van der Waals surface area contributed by atoms with Crippen molar-refractivity contribution in [3.8, 4) is 0 Å². The molecule has 1 aromatic heterocycles. The molecular formula is C21H26FN3O3S. The van der Waals surface area contributed by atoms with E-state index in [1.54, 1.807) is 18.2 Å². The largest absolute Gasteiger partial charge is 0.312 e. The van der Waals surface area contributed by atoms with E-state index in [1.807, 2.05) is 28.6 Å². The summed E-state index contributed by atoms with van der Waals surface area (Å²) in [5.41, 5.74) is 2.17. The summed E-state index contributed by atoms with van der Waals surface area (Å²) >= 11 is 0. The van der Waals surface area contributed by atoms with Crippen LogP contribution < -0.4 is 5.56 Å². The van der Waals surface area contributed by atoms with Gasteiger partial charge >= 0.3 is 0 Å². The molecule has 156 valence electrons. The number of fused-ring (bicyclic) bond motifs is 4. The highest BCUT2D eigenvalue weighted by atomic mass is 32.2. The Kier molecular flexibility index (Phi) is 5.35. The second-order valence-electron chi connectivity index (χ2n) is 8.34. The molecule has 1 aromatic carbocycles. The van der Waals surface area contributed by atoms with Gasteiger partial charge in [0.1, 0.15) is 5.82 Å². The molecule has 0 N–H and O–H groups in total. The molecule has 0 aliphatic carbocycles. The molecule has 4 rings (SSSR count). The van der Waals surface area contributed by atoms with E-state index >= 15 is 0 Å². The number of benzene rings is 1. The van der Waals surface area contributed by atoms with Crippen LogP contribution in [0.1, 0.15) is 29.2 Å². The molecule has 0 radical (unpaired) electrons.